The van der Waals surface area contributed by atoms with Crippen LogP contribution >= 0.6 is 0 Å². The number of esters is 4. The summed E-state index contributed by atoms with van der Waals surface area (Å²) in [4.78, 5) is 61.9. The fourth-order valence-electron chi connectivity index (χ4n) is 0.474. The number of carboxylic acids is 2. The van der Waals surface area contributed by atoms with E-state index < -0.39 is 35.8 Å². The molecule has 0 aliphatic carbocycles. The summed E-state index contributed by atoms with van der Waals surface area (Å²) in [6.07, 6.45) is 0.552. The summed E-state index contributed by atoms with van der Waals surface area (Å²) in [6, 6.07) is 0. The molecule has 0 unspecified atom stereocenters. The molecule has 0 amide bonds. The molecule has 0 aromatic rings. The molecular weight excluding hydrogens is 256 g/mol. The van der Waals surface area contributed by atoms with E-state index in [9.17, 15) is 28.8 Å². The molecule has 96 valence electrons. The van der Waals surface area contributed by atoms with Crippen molar-refractivity contribution in [3.05, 3.63) is 12.2 Å². The molecule has 0 atom stereocenters. The number of carbonyl (C=O) groups excluding carboxylic acids is 4. The van der Waals surface area contributed by atoms with Gasteiger partial charge in [-0.05, 0) is 0 Å². The first-order valence-electron chi connectivity index (χ1n) is 3.90. The topological polar surface area (TPSA) is 161 Å². The van der Waals surface area contributed by atoms with Crippen LogP contribution in [0.25, 0.3) is 0 Å². The molecule has 0 aliphatic rings. The second-order valence-corrected chi connectivity index (χ2v) is 2.36. The Morgan fingerprint density at radius 1 is 0.667 bits per heavy atom. The third-order valence-electron chi connectivity index (χ3n) is 1.09. The van der Waals surface area contributed by atoms with Crippen molar-refractivity contribution in [3.63, 3.8) is 0 Å². The van der Waals surface area contributed by atoms with Gasteiger partial charge in [0.15, 0.2) is 0 Å². The zero-order chi connectivity index (χ0) is 14.3. The zero-order valence-corrected chi connectivity index (χ0v) is 8.32. The molecule has 0 aromatic heterocycles. The van der Waals surface area contributed by atoms with Gasteiger partial charge in [0.1, 0.15) is 0 Å². The van der Waals surface area contributed by atoms with Crippen molar-refractivity contribution in [2.45, 2.75) is 0 Å². The molecule has 10 heteroatoms. The van der Waals surface area contributed by atoms with E-state index in [2.05, 4.69) is 9.47 Å². The summed E-state index contributed by atoms with van der Waals surface area (Å²) in [5.74, 6) is -10.8. The van der Waals surface area contributed by atoms with Gasteiger partial charge in [-0.1, -0.05) is 0 Å². The average Bonchev–Trinajstić information content (AvgIpc) is 2.25. The van der Waals surface area contributed by atoms with E-state index in [1.165, 1.54) is 0 Å². The quantitative estimate of drug-likeness (QED) is 0.242. The first kappa shape index (κ1) is 15.0. The van der Waals surface area contributed by atoms with E-state index in [4.69, 9.17) is 10.2 Å². The standard InChI is InChI=1S/C8H4O10/c9-3(17-7(15)5(11)12)1-2-4(10)18-8(16)6(13)14/h1-2H,(H,11,12)(H,13,14)/b2-1-. The van der Waals surface area contributed by atoms with E-state index in [0.29, 0.717) is 0 Å². The molecule has 0 rings (SSSR count). The Morgan fingerprint density at radius 2 is 0.944 bits per heavy atom. The lowest BCUT2D eigenvalue weighted by atomic mass is 10.5. The molecule has 0 saturated carbocycles. The Morgan fingerprint density at radius 3 is 1.17 bits per heavy atom. The van der Waals surface area contributed by atoms with Crippen LogP contribution in [0.1, 0.15) is 0 Å². The van der Waals surface area contributed by atoms with E-state index in [1.807, 2.05) is 0 Å². The van der Waals surface area contributed by atoms with E-state index in [-0.39, 0.29) is 12.2 Å². The highest BCUT2D eigenvalue weighted by molar-refractivity contribution is 6.31. The van der Waals surface area contributed by atoms with Gasteiger partial charge in [0.05, 0.1) is 0 Å². The SMILES string of the molecule is O=C(/C=C\C(=O)OC(=O)C(=O)O)OC(=O)C(=O)O. The molecule has 2 N–H and O–H groups in total. The lowest BCUT2D eigenvalue weighted by molar-refractivity contribution is -0.169. The van der Waals surface area contributed by atoms with Gasteiger partial charge in [0.25, 0.3) is 0 Å². The number of hydrogen-bond donors (Lipinski definition) is 2. The minimum Gasteiger partial charge on any atom is -0.473 e. The van der Waals surface area contributed by atoms with Crippen LogP contribution in [0.4, 0.5) is 0 Å². The van der Waals surface area contributed by atoms with Crippen molar-refractivity contribution in [2.24, 2.45) is 0 Å². The molecule has 0 radical (unpaired) electrons. The molecular formula is C8H4O10. The number of aliphatic carboxylic acids is 2. The second kappa shape index (κ2) is 6.52. The summed E-state index contributed by atoms with van der Waals surface area (Å²) in [6.45, 7) is 0. The van der Waals surface area contributed by atoms with Crippen molar-refractivity contribution < 1.29 is 48.5 Å². The van der Waals surface area contributed by atoms with Gasteiger partial charge in [-0.3, -0.25) is 0 Å². The van der Waals surface area contributed by atoms with Gasteiger partial charge in [0.2, 0.25) is 0 Å². The number of ether oxygens (including phenoxy) is 2. The maximum Gasteiger partial charge on any atom is 0.425 e. The van der Waals surface area contributed by atoms with Crippen LogP contribution in [0.2, 0.25) is 0 Å². The summed E-state index contributed by atoms with van der Waals surface area (Å²) in [7, 11) is 0. The fraction of sp³-hybridized carbons (Fsp3) is 0. The van der Waals surface area contributed by atoms with Crippen molar-refractivity contribution in [1.82, 2.24) is 0 Å². The molecule has 0 spiro atoms. The summed E-state index contributed by atoms with van der Waals surface area (Å²) < 4.78 is 7.28. The lowest BCUT2D eigenvalue weighted by Gasteiger charge is -1.95. The maximum absolute atomic E-state index is 10.7. The van der Waals surface area contributed by atoms with Gasteiger partial charge >= 0.3 is 35.8 Å². The van der Waals surface area contributed by atoms with Crippen molar-refractivity contribution in [2.75, 3.05) is 0 Å². The second-order valence-electron chi connectivity index (χ2n) is 2.36. The molecule has 0 aliphatic heterocycles. The van der Waals surface area contributed by atoms with Gasteiger partial charge in [-0.25, -0.2) is 28.8 Å². The Balaban J connectivity index is 4.31. The smallest absolute Gasteiger partial charge is 0.425 e. The third kappa shape index (κ3) is 5.75. The van der Waals surface area contributed by atoms with E-state index in [1.54, 1.807) is 0 Å². The highest BCUT2D eigenvalue weighted by Crippen LogP contribution is 1.88. The van der Waals surface area contributed by atoms with Crippen LogP contribution in [-0.2, 0) is 38.2 Å². The number of carbonyl (C=O) groups is 6. The first-order chi connectivity index (χ1) is 8.23. The summed E-state index contributed by atoms with van der Waals surface area (Å²) in [5.41, 5.74) is 0. The third-order valence-corrected chi connectivity index (χ3v) is 1.09. The Labute approximate surface area is 97.4 Å². The zero-order valence-electron chi connectivity index (χ0n) is 8.32. The number of rotatable bonds is 2. The molecule has 0 fully saturated rings. The van der Waals surface area contributed by atoms with Crippen molar-refractivity contribution in [3.8, 4) is 0 Å². The van der Waals surface area contributed by atoms with Crippen LogP contribution in [0, 0.1) is 0 Å². The van der Waals surface area contributed by atoms with E-state index >= 15 is 0 Å². The van der Waals surface area contributed by atoms with Gasteiger partial charge in [-0.15, -0.1) is 0 Å². The van der Waals surface area contributed by atoms with Gasteiger partial charge in [0, 0.05) is 12.2 Å². The highest BCUT2D eigenvalue weighted by atomic mass is 16.6. The molecule has 10 nitrogen and oxygen atoms in total. The Kier molecular flexibility index (Phi) is 5.42. The largest absolute Gasteiger partial charge is 0.473 e. The molecule has 0 aromatic carbocycles. The summed E-state index contributed by atoms with van der Waals surface area (Å²) >= 11 is 0. The van der Waals surface area contributed by atoms with Crippen LogP contribution < -0.4 is 0 Å². The van der Waals surface area contributed by atoms with Gasteiger partial charge < -0.3 is 19.7 Å². The van der Waals surface area contributed by atoms with E-state index in [0.717, 1.165) is 0 Å². The Bertz CT molecular complexity index is 414. The molecule has 0 saturated heterocycles. The predicted octanol–water partition coefficient (Wildman–Crippen LogP) is -2.15. The molecule has 18 heavy (non-hydrogen) atoms. The normalized spacial score (nSPS) is 9.56. The first-order valence-corrected chi connectivity index (χ1v) is 3.90. The van der Waals surface area contributed by atoms with Gasteiger partial charge in [-0.2, -0.15) is 0 Å². The lowest BCUT2D eigenvalue weighted by Crippen LogP contribution is -2.21. The Hall–Kier alpha value is -3.04. The number of carboxylic acid groups (broad SMARTS) is 2. The maximum atomic E-state index is 10.7. The van der Waals surface area contributed by atoms with Crippen LogP contribution in [-0.4, -0.2) is 46.0 Å². The molecule has 0 bridgehead atoms. The monoisotopic (exact) mass is 260 g/mol. The average molecular weight is 260 g/mol. The van der Waals surface area contributed by atoms with Crippen LogP contribution in [0.15, 0.2) is 12.2 Å². The van der Waals surface area contributed by atoms with Crippen LogP contribution in [0.3, 0.4) is 0 Å². The minimum atomic E-state index is -2.03. The van der Waals surface area contributed by atoms with Crippen molar-refractivity contribution in [1.29, 1.82) is 0 Å². The minimum absolute atomic E-state index is 0.276. The number of hydrogen-bond acceptors (Lipinski definition) is 8. The van der Waals surface area contributed by atoms with Crippen LogP contribution in [0.5, 0.6) is 0 Å². The molecule has 0 heterocycles. The fourth-order valence-corrected chi connectivity index (χ4v) is 0.474. The predicted molar refractivity (Wildman–Crippen MR) is 46.6 cm³/mol. The summed E-state index contributed by atoms with van der Waals surface area (Å²) in [5, 5.41) is 16.1. The van der Waals surface area contributed by atoms with Crippen molar-refractivity contribution >= 4 is 35.8 Å². The highest BCUT2D eigenvalue weighted by Gasteiger charge is 2.18.